The van der Waals surface area contributed by atoms with Crippen LogP contribution in [-0.4, -0.2) is 33.9 Å². The smallest absolute Gasteiger partial charge is 0.223 e. The molecule has 3 rings (SSSR count). The van der Waals surface area contributed by atoms with Crippen molar-refractivity contribution in [2.75, 3.05) is 13.1 Å². The predicted molar refractivity (Wildman–Crippen MR) is 77.1 cm³/mol. The lowest BCUT2D eigenvalue weighted by Crippen LogP contribution is -2.24. The Morgan fingerprint density at radius 3 is 2.95 bits per heavy atom. The molecule has 106 valence electrons. The molecule has 2 heterocycles. The monoisotopic (exact) mass is 282 g/mol. The number of hydrogen-bond acceptors (Lipinski definition) is 4. The van der Waals surface area contributed by atoms with Gasteiger partial charge in [-0.05, 0) is 29.1 Å². The predicted octanol–water partition coefficient (Wildman–Crippen LogP) is 2.29. The Kier molecular flexibility index (Phi) is 3.66. The molecule has 21 heavy (non-hydrogen) atoms. The molecule has 0 bridgehead atoms. The standard InChI is InChI=1S/C14H14N6O/c15-19-18-7-11-6-14(21)20(9-11)8-10-1-2-12-13(5-10)17-4-3-16-12/h1-5,11H,6-9H2. The first-order chi connectivity index (χ1) is 10.3. The summed E-state index contributed by atoms with van der Waals surface area (Å²) in [4.78, 5) is 25.0. The van der Waals surface area contributed by atoms with E-state index in [4.69, 9.17) is 5.53 Å². The van der Waals surface area contributed by atoms with Crippen molar-refractivity contribution in [3.63, 3.8) is 0 Å². The maximum Gasteiger partial charge on any atom is 0.223 e. The number of likely N-dealkylation sites (tertiary alicyclic amines) is 1. The first-order valence-electron chi connectivity index (χ1n) is 6.74. The van der Waals surface area contributed by atoms with Crippen molar-refractivity contribution in [2.24, 2.45) is 11.0 Å². The summed E-state index contributed by atoms with van der Waals surface area (Å²) in [5.41, 5.74) is 11.0. The second kappa shape index (κ2) is 5.76. The van der Waals surface area contributed by atoms with Crippen LogP contribution in [0.3, 0.4) is 0 Å². The molecule has 1 fully saturated rings. The van der Waals surface area contributed by atoms with Gasteiger partial charge in [-0.1, -0.05) is 11.2 Å². The molecule has 1 unspecified atom stereocenters. The van der Waals surface area contributed by atoms with Gasteiger partial charge in [-0.2, -0.15) is 0 Å². The highest BCUT2D eigenvalue weighted by Crippen LogP contribution is 2.21. The van der Waals surface area contributed by atoms with E-state index in [2.05, 4.69) is 20.0 Å². The summed E-state index contributed by atoms with van der Waals surface area (Å²) >= 11 is 0. The van der Waals surface area contributed by atoms with E-state index in [0.29, 0.717) is 26.1 Å². The van der Waals surface area contributed by atoms with E-state index in [-0.39, 0.29) is 11.8 Å². The van der Waals surface area contributed by atoms with Crippen LogP contribution in [0.2, 0.25) is 0 Å². The molecule has 0 spiro atoms. The fraction of sp³-hybridized carbons (Fsp3) is 0.357. The molecule has 0 saturated carbocycles. The lowest BCUT2D eigenvalue weighted by atomic mass is 10.1. The van der Waals surface area contributed by atoms with Crippen LogP contribution in [-0.2, 0) is 11.3 Å². The zero-order valence-corrected chi connectivity index (χ0v) is 11.4. The van der Waals surface area contributed by atoms with Crippen LogP contribution in [0.4, 0.5) is 0 Å². The topological polar surface area (TPSA) is 94.9 Å². The Morgan fingerprint density at radius 2 is 2.14 bits per heavy atom. The minimum Gasteiger partial charge on any atom is -0.338 e. The third-order valence-corrected chi connectivity index (χ3v) is 3.60. The van der Waals surface area contributed by atoms with Gasteiger partial charge >= 0.3 is 0 Å². The fourth-order valence-corrected chi connectivity index (χ4v) is 2.61. The largest absolute Gasteiger partial charge is 0.338 e. The van der Waals surface area contributed by atoms with Gasteiger partial charge in [-0.25, -0.2) is 0 Å². The van der Waals surface area contributed by atoms with Crippen LogP contribution in [0.15, 0.2) is 35.7 Å². The van der Waals surface area contributed by atoms with E-state index in [0.717, 1.165) is 16.6 Å². The highest BCUT2D eigenvalue weighted by molar-refractivity contribution is 5.79. The summed E-state index contributed by atoms with van der Waals surface area (Å²) in [5, 5.41) is 3.55. The van der Waals surface area contributed by atoms with Crippen LogP contribution >= 0.6 is 0 Å². The molecule has 1 aromatic heterocycles. The van der Waals surface area contributed by atoms with Crippen LogP contribution in [0.25, 0.3) is 21.5 Å². The Balaban J connectivity index is 1.73. The summed E-state index contributed by atoms with van der Waals surface area (Å²) in [6, 6.07) is 5.83. The van der Waals surface area contributed by atoms with Gasteiger partial charge in [0.1, 0.15) is 0 Å². The molecule has 1 saturated heterocycles. The number of hydrogen-bond donors (Lipinski definition) is 0. The van der Waals surface area contributed by atoms with E-state index in [1.807, 2.05) is 18.2 Å². The molecule has 2 aromatic rings. The first kappa shape index (κ1) is 13.3. The molecule has 1 aliphatic rings. The Bertz CT molecular complexity index is 724. The van der Waals surface area contributed by atoms with Gasteiger partial charge in [-0.15, -0.1) is 0 Å². The van der Waals surface area contributed by atoms with Gasteiger partial charge in [0, 0.05) is 43.4 Å². The second-order valence-corrected chi connectivity index (χ2v) is 5.14. The maximum atomic E-state index is 12.0. The minimum absolute atomic E-state index is 0.104. The maximum absolute atomic E-state index is 12.0. The van der Waals surface area contributed by atoms with Crippen LogP contribution in [0.5, 0.6) is 0 Å². The lowest BCUT2D eigenvalue weighted by molar-refractivity contribution is -0.128. The van der Waals surface area contributed by atoms with Crippen molar-refractivity contribution in [3.8, 4) is 0 Å². The van der Waals surface area contributed by atoms with Crippen molar-refractivity contribution < 1.29 is 4.79 Å². The number of fused-ring (bicyclic) bond motifs is 1. The summed E-state index contributed by atoms with van der Waals surface area (Å²) in [6.07, 6.45) is 3.77. The quantitative estimate of drug-likeness (QED) is 0.489. The molecular weight excluding hydrogens is 268 g/mol. The van der Waals surface area contributed by atoms with E-state index in [1.165, 1.54) is 0 Å². The van der Waals surface area contributed by atoms with Gasteiger partial charge in [0.2, 0.25) is 5.91 Å². The van der Waals surface area contributed by atoms with E-state index in [9.17, 15) is 4.79 Å². The number of benzene rings is 1. The van der Waals surface area contributed by atoms with Gasteiger partial charge in [0.05, 0.1) is 11.0 Å². The molecule has 7 nitrogen and oxygen atoms in total. The van der Waals surface area contributed by atoms with Gasteiger partial charge < -0.3 is 4.90 Å². The number of carbonyl (C=O) groups is 1. The minimum atomic E-state index is 0.104. The highest BCUT2D eigenvalue weighted by atomic mass is 16.2. The molecule has 0 N–H and O–H groups in total. The van der Waals surface area contributed by atoms with E-state index in [1.54, 1.807) is 17.3 Å². The normalized spacial score (nSPS) is 18.0. The summed E-state index contributed by atoms with van der Waals surface area (Å²) in [5.74, 6) is 0.223. The Hall–Kier alpha value is -2.66. The van der Waals surface area contributed by atoms with Crippen molar-refractivity contribution in [1.82, 2.24) is 14.9 Å². The third kappa shape index (κ3) is 2.93. The fourth-order valence-electron chi connectivity index (χ4n) is 2.61. The van der Waals surface area contributed by atoms with Gasteiger partial charge in [-0.3, -0.25) is 14.8 Å². The van der Waals surface area contributed by atoms with Crippen molar-refractivity contribution in [1.29, 1.82) is 0 Å². The average molecular weight is 282 g/mol. The molecule has 7 heteroatoms. The number of rotatable bonds is 4. The van der Waals surface area contributed by atoms with Crippen LogP contribution in [0, 0.1) is 5.92 Å². The van der Waals surface area contributed by atoms with Crippen molar-refractivity contribution in [2.45, 2.75) is 13.0 Å². The number of nitrogens with zero attached hydrogens (tertiary/aromatic N) is 6. The van der Waals surface area contributed by atoms with E-state index >= 15 is 0 Å². The second-order valence-electron chi connectivity index (χ2n) is 5.14. The first-order valence-corrected chi connectivity index (χ1v) is 6.74. The number of aromatic nitrogens is 2. The lowest BCUT2D eigenvalue weighted by Gasteiger charge is -2.16. The van der Waals surface area contributed by atoms with Gasteiger partial charge in [0.15, 0.2) is 0 Å². The Morgan fingerprint density at radius 1 is 1.33 bits per heavy atom. The van der Waals surface area contributed by atoms with Crippen LogP contribution in [0.1, 0.15) is 12.0 Å². The zero-order chi connectivity index (χ0) is 14.7. The summed E-state index contributed by atoms with van der Waals surface area (Å²) < 4.78 is 0. The number of carbonyl (C=O) groups excluding carboxylic acids is 1. The Labute approximate surface area is 121 Å². The number of azide groups is 1. The molecule has 1 aliphatic heterocycles. The number of amides is 1. The summed E-state index contributed by atoms with van der Waals surface area (Å²) in [6.45, 7) is 1.57. The molecule has 1 amide bonds. The molecular formula is C14H14N6O. The SMILES string of the molecule is [N-]=[N+]=NCC1CC(=O)N(Cc2ccc3nccnc3c2)C1. The third-order valence-electron chi connectivity index (χ3n) is 3.60. The summed E-state index contributed by atoms with van der Waals surface area (Å²) in [7, 11) is 0. The molecule has 0 aliphatic carbocycles. The highest BCUT2D eigenvalue weighted by Gasteiger charge is 2.28. The van der Waals surface area contributed by atoms with Crippen molar-refractivity contribution in [3.05, 3.63) is 46.6 Å². The van der Waals surface area contributed by atoms with Crippen molar-refractivity contribution >= 4 is 16.9 Å². The van der Waals surface area contributed by atoms with Gasteiger partial charge in [0.25, 0.3) is 0 Å². The zero-order valence-electron chi connectivity index (χ0n) is 11.4. The molecule has 1 aromatic carbocycles. The molecule has 1 atom stereocenters. The van der Waals surface area contributed by atoms with E-state index < -0.39 is 0 Å². The molecule has 0 radical (unpaired) electrons. The average Bonchev–Trinajstić information content (AvgIpc) is 2.85. The van der Waals surface area contributed by atoms with Crippen LogP contribution < -0.4 is 0 Å².